The predicted molar refractivity (Wildman–Crippen MR) is 71.1 cm³/mol. The Labute approximate surface area is 113 Å². The highest BCUT2D eigenvalue weighted by molar-refractivity contribution is 5.30. The molecule has 1 heterocycles. The van der Waals surface area contributed by atoms with Gasteiger partial charge in [-0.3, -0.25) is 0 Å². The summed E-state index contributed by atoms with van der Waals surface area (Å²) in [5, 5.41) is 3.24. The minimum absolute atomic E-state index is 0.189. The molecule has 0 amide bonds. The van der Waals surface area contributed by atoms with Crippen LogP contribution < -0.4 is 5.32 Å². The molecule has 1 unspecified atom stereocenters. The molecule has 0 aliphatic carbocycles. The third-order valence-electron chi connectivity index (χ3n) is 3.79. The fourth-order valence-electron chi connectivity index (χ4n) is 2.74. The SMILES string of the molecule is CCNC(c1c(F)ccc(C)c1F)C1CCOCC1. The Balaban J connectivity index is 2.35. The van der Waals surface area contributed by atoms with Gasteiger partial charge in [0.15, 0.2) is 0 Å². The van der Waals surface area contributed by atoms with E-state index in [1.54, 1.807) is 6.92 Å². The second-order valence-electron chi connectivity index (χ2n) is 5.08. The maximum absolute atomic E-state index is 14.3. The number of ether oxygens (including phenoxy) is 1. The van der Waals surface area contributed by atoms with E-state index in [0.29, 0.717) is 25.3 Å². The summed E-state index contributed by atoms with van der Waals surface area (Å²) < 4.78 is 33.7. The standard InChI is InChI=1S/C15H21F2NO/c1-3-18-15(11-6-8-19-9-7-11)13-12(16)5-4-10(2)14(13)17/h4-5,11,15,18H,3,6-9H2,1-2H3. The summed E-state index contributed by atoms with van der Waals surface area (Å²) in [6.45, 7) is 5.65. The zero-order chi connectivity index (χ0) is 13.8. The molecule has 0 spiro atoms. The molecule has 1 aliphatic heterocycles. The second-order valence-corrected chi connectivity index (χ2v) is 5.08. The van der Waals surface area contributed by atoms with Gasteiger partial charge in [0.25, 0.3) is 0 Å². The monoisotopic (exact) mass is 269 g/mol. The second kappa shape index (κ2) is 6.44. The van der Waals surface area contributed by atoms with Crippen LogP contribution in [0.15, 0.2) is 12.1 Å². The lowest BCUT2D eigenvalue weighted by Crippen LogP contribution is -2.33. The van der Waals surface area contributed by atoms with E-state index in [2.05, 4.69) is 5.32 Å². The highest BCUT2D eigenvalue weighted by atomic mass is 19.1. The molecule has 1 atom stereocenters. The lowest BCUT2D eigenvalue weighted by atomic mass is 9.86. The van der Waals surface area contributed by atoms with Gasteiger partial charge in [-0.1, -0.05) is 13.0 Å². The maximum atomic E-state index is 14.3. The van der Waals surface area contributed by atoms with Crippen molar-refractivity contribution in [3.05, 3.63) is 34.9 Å². The average molecular weight is 269 g/mol. The molecule has 0 aromatic heterocycles. The third kappa shape index (κ3) is 3.12. The van der Waals surface area contributed by atoms with E-state index in [-0.39, 0.29) is 17.5 Å². The molecule has 0 bridgehead atoms. The van der Waals surface area contributed by atoms with Gasteiger partial charge in [-0.05, 0) is 43.9 Å². The fourth-order valence-corrected chi connectivity index (χ4v) is 2.74. The first-order valence-electron chi connectivity index (χ1n) is 6.90. The van der Waals surface area contributed by atoms with Crippen molar-refractivity contribution in [1.82, 2.24) is 5.32 Å². The van der Waals surface area contributed by atoms with Gasteiger partial charge in [0, 0.05) is 24.8 Å². The van der Waals surface area contributed by atoms with Gasteiger partial charge < -0.3 is 10.1 Å². The van der Waals surface area contributed by atoms with Crippen molar-refractivity contribution in [2.75, 3.05) is 19.8 Å². The van der Waals surface area contributed by atoms with Crippen molar-refractivity contribution in [3.63, 3.8) is 0 Å². The summed E-state index contributed by atoms with van der Waals surface area (Å²) in [6.07, 6.45) is 1.68. The first-order chi connectivity index (χ1) is 9.15. The molecule has 1 aliphatic rings. The number of hydrogen-bond donors (Lipinski definition) is 1. The minimum Gasteiger partial charge on any atom is -0.381 e. The van der Waals surface area contributed by atoms with Crippen LogP contribution in [0.2, 0.25) is 0 Å². The first-order valence-corrected chi connectivity index (χ1v) is 6.90. The normalized spacial score (nSPS) is 18.5. The van der Waals surface area contributed by atoms with Crippen molar-refractivity contribution in [3.8, 4) is 0 Å². The zero-order valence-corrected chi connectivity index (χ0v) is 11.5. The Bertz CT molecular complexity index is 430. The topological polar surface area (TPSA) is 21.3 Å². The molecular formula is C15H21F2NO. The number of benzene rings is 1. The van der Waals surface area contributed by atoms with Gasteiger partial charge in [0.1, 0.15) is 11.6 Å². The molecule has 2 rings (SSSR count). The van der Waals surface area contributed by atoms with E-state index in [9.17, 15) is 8.78 Å². The Morgan fingerprint density at radius 2 is 2.00 bits per heavy atom. The van der Waals surface area contributed by atoms with Crippen molar-refractivity contribution in [2.45, 2.75) is 32.7 Å². The van der Waals surface area contributed by atoms with Crippen LogP contribution in [0.4, 0.5) is 8.78 Å². The molecule has 0 radical (unpaired) electrons. The molecule has 1 saturated heterocycles. The van der Waals surface area contributed by atoms with E-state index in [1.165, 1.54) is 12.1 Å². The van der Waals surface area contributed by atoms with Gasteiger partial charge in [-0.15, -0.1) is 0 Å². The van der Waals surface area contributed by atoms with Crippen LogP contribution in [0, 0.1) is 24.5 Å². The van der Waals surface area contributed by atoms with Crippen molar-refractivity contribution in [1.29, 1.82) is 0 Å². The van der Waals surface area contributed by atoms with Crippen molar-refractivity contribution in [2.24, 2.45) is 5.92 Å². The summed E-state index contributed by atoms with van der Waals surface area (Å²) in [7, 11) is 0. The Kier molecular flexibility index (Phi) is 4.88. The molecule has 1 N–H and O–H groups in total. The van der Waals surface area contributed by atoms with Crippen LogP contribution in [-0.4, -0.2) is 19.8 Å². The molecule has 1 fully saturated rings. The third-order valence-corrected chi connectivity index (χ3v) is 3.79. The van der Waals surface area contributed by atoms with Gasteiger partial charge in [-0.25, -0.2) is 8.78 Å². The highest BCUT2D eigenvalue weighted by Crippen LogP contribution is 2.33. The molecule has 106 valence electrons. The van der Waals surface area contributed by atoms with E-state index < -0.39 is 11.6 Å². The number of halogens is 2. The summed E-state index contributed by atoms with van der Waals surface area (Å²) in [5.41, 5.74) is 0.681. The number of hydrogen-bond acceptors (Lipinski definition) is 2. The van der Waals surface area contributed by atoms with E-state index >= 15 is 0 Å². The molecule has 1 aromatic rings. The molecule has 19 heavy (non-hydrogen) atoms. The largest absolute Gasteiger partial charge is 0.381 e. The Hall–Kier alpha value is -1.00. The summed E-state index contributed by atoms with van der Waals surface area (Å²) >= 11 is 0. The quantitative estimate of drug-likeness (QED) is 0.905. The number of nitrogens with one attached hydrogen (secondary N) is 1. The molecule has 0 saturated carbocycles. The summed E-state index contributed by atoms with van der Waals surface area (Å²) in [6, 6.07) is 2.58. The van der Waals surface area contributed by atoms with Crippen LogP contribution in [-0.2, 0) is 4.74 Å². The number of aryl methyl sites for hydroxylation is 1. The van der Waals surface area contributed by atoms with Crippen LogP contribution in [0.3, 0.4) is 0 Å². The average Bonchev–Trinajstić information content (AvgIpc) is 2.43. The van der Waals surface area contributed by atoms with E-state index in [1.807, 2.05) is 6.92 Å². The summed E-state index contributed by atoms with van der Waals surface area (Å²) in [4.78, 5) is 0. The van der Waals surface area contributed by atoms with E-state index in [4.69, 9.17) is 4.74 Å². The van der Waals surface area contributed by atoms with Crippen LogP contribution in [0.25, 0.3) is 0 Å². The first kappa shape index (κ1) is 14.4. The van der Waals surface area contributed by atoms with Crippen LogP contribution in [0.5, 0.6) is 0 Å². The fraction of sp³-hybridized carbons (Fsp3) is 0.600. The summed E-state index contributed by atoms with van der Waals surface area (Å²) in [5.74, 6) is -0.655. The van der Waals surface area contributed by atoms with Crippen LogP contribution >= 0.6 is 0 Å². The highest BCUT2D eigenvalue weighted by Gasteiger charge is 2.29. The van der Waals surface area contributed by atoms with Gasteiger partial charge >= 0.3 is 0 Å². The van der Waals surface area contributed by atoms with E-state index in [0.717, 1.165) is 12.8 Å². The van der Waals surface area contributed by atoms with Gasteiger partial charge in [-0.2, -0.15) is 0 Å². The lowest BCUT2D eigenvalue weighted by Gasteiger charge is -2.31. The van der Waals surface area contributed by atoms with Crippen LogP contribution in [0.1, 0.15) is 36.9 Å². The maximum Gasteiger partial charge on any atom is 0.133 e. The minimum atomic E-state index is -0.458. The Morgan fingerprint density at radius 3 is 2.63 bits per heavy atom. The molecule has 2 nitrogen and oxygen atoms in total. The molecule has 4 heteroatoms. The van der Waals surface area contributed by atoms with Gasteiger partial charge in [0.05, 0.1) is 0 Å². The molecular weight excluding hydrogens is 248 g/mol. The van der Waals surface area contributed by atoms with Crippen molar-refractivity contribution >= 4 is 0 Å². The zero-order valence-electron chi connectivity index (χ0n) is 11.5. The Morgan fingerprint density at radius 1 is 1.32 bits per heavy atom. The predicted octanol–water partition coefficient (Wildman–Crippen LogP) is 3.35. The van der Waals surface area contributed by atoms with Gasteiger partial charge in [0.2, 0.25) is 0 Å². The molecule has 1 aromatic carbocycles. The van der Waals surface area contributed by atoms with Crippen molar-refractivity contribution < 1.29 is 13.5 Å². The lowest BCUT2D eigenvalue weighted by molar-refractivity contribution is 0.0528. The number of rotatable bonds is 4. The smallest absolute Gasteiger partial charge is 0.133 e.